The smallest absolute Gasteiger partial charge is 0.374 e. The molecule has 0 unspecified atom stereocenters. The Kier molecular flexibility index (Phi) is 6.58. The number of esters is 1. The van der Waals surface area contributed by atoms with Crippen molar-refractivity contribution in [2.24, 2.45) is 0 Å². The molecule has 0 saturated heterocycles. The summed E-state index contributed by atoms with van der Waals surface area (Å²) >= 11 is 4.99. The number of allylic oxidation sites excluding steroid dienone is 1. The average molecular weight is 498 g/mol. The summed E-state index contributed by atoms with van der Waals surface area (Å²) in [5, 5.41) is 10.4. The molecular weight excluding hydrogens is 478 g/mol. The van der Waals surface area contributed by atoms with Crippen molar-refractivity contribution in [1.29, 1.82) is 0 Å². The minimum Gasteiger partial charge on any atom is -0.460 e. The quantitative estimate of drug-likeness (QED) is 0.166. The first kappa shape index (κ1) is 21.4. The van der Waals surface area contributed by atoms with Crippen LogP contribution in [0.25, 0.3) is 22.4 Å². The van der Waals surface area contributed by atoms with E-state index in [1.165, 1.54) is 11.8 Å². The standard InChI is InChI=1S/C23H20BrN3O3S/c1-3-12-27-21(15-8-6-5-7-9-15)25-26-23(27)31-14-18-17-13-16(24)10-11-19(17)30-20(18)22(28)29-4-2/h3,5-11,13H,1,4,12,14H2,2H3. The van der Waals surface area contributed by atoms with Crippen LogP contribution in [0.15, 0.2) is 75.2 Å². The van der Waals surface area contributed by atoms with E-state index in [4.69, 9.17) is 9.15 Å². The summed E-state index contributed by atoms with van der Waals surface area (Å²) in [6.45, 7) is 6.48. The number of fused-ring (bicyclic) bond motifs is 1. The third kappa shape index (κ3) is 4.45. The monoisotopic (exact) mass is 497 g/mol. The number of nitrogens with zero attached hydrogens (tertiary/aromatic N) is 3. The van der Waals surface area contributed by atoms with Crippen LogP contribution >= 0.6 is 27.7 Å². The van der Waals surface area contributed by atoms with Crippen molar-refractivity contribution in [3.05, 3.63) is 77.0 Å². The summed E-state index contributed by atoms with van der Waals surface area (Å²) in [5.41, 5.74) is 2.39. The van der Waals surface area contributed by atoms with Crippen LogP contribution in [0.5, 0.6) is 0 Å². The first-order valence-corrected chi connectivity index (χ1v) is 11.5. The predicted molar refractivity (Wildman–Crippen MR) is 125 cm³/mol. The lowest BCUT2D eigenvalue weighted by atomic mass is 10.1. The molecule has 0 spiro atoms. The molecular formula is C23H20BrN3O3S. The Morgan fingerprint density at radius 1 is 1.26 bits per heavy atom. The molecule has 4 rings (SSSR count). The number of thioether (sulfide) groups is 1. The first-order chi connectivity index (χ1) is 15.1. The fourth-order valence-electron chi connectivity index (χ4n) is 3.25. The van der Waals surface area contributed by atoms with Gasteiger partial charge >= 0.3 is 5.97 Å². The molecule has 158 valence electrons. The van der Waals surface area contributed by atoms with E-state index in [1.54, 1.807) is 6.92 Å². The Hall–Kier alpha value is -2.84. The Bertz CT molecular complexity index is 1230. The summed E-state index contributed by atoms with van der Waals surface area (Å²) in [6.07, 6.45) is 1.81. The van der Waals surface area contributed by atoms with Crippen molar-refractivity contribution in [2.75, 3.05) is 6.61 Å². The molecule has 0 aliphatic carbocycles. The first-order valence-electron chi connectivity index (χ1n) is 9.72. The maximum absolute atomic E-state index is 12.5. The second-order valence-corrected chi connectivity index (χ2v) is 8.49. The van der Waals surface area contributed by atoms with Crippen molar-refractivity contribution in [3.63, 3.8) is 0 Å². The number of carbonyl (C=O) groups is 1. The Labute approximate surface area is 192 Å². The molecule has 31 heavy (non-hydrogen) atoms. The molecule has 0 atom stereocenters. The molecule has 0 radical (unpaired) electrons. The van der Waals surface area contributed by atoms with Crippen molar-refractivity contribution in [1.82, 2.24) is 14.8 Å². The highest BCUT2D eigenvalue weighted by Crippen LogP contribution is 2.34. The zero-order valence-corrected chi connectivity index (χ0v) is 19.3. The van der Waals surface area contributed by atoms with Crippen molar-refractivity contribution >= 4 is 44.6 Å². The molecule has 2 aromatic heterocycles. The molecule has 4 aromatic rings. The van der Waals surface area contributed by atoms with Gasteiger partial charge in [-0.15, -0.1) is 16.8 Å². The van der Waals surface area contributed by atoms with Gasteiger partial charge in [0.1, 0.15) is 5.58 Å². The number of halogens is 1. The van der Waals surface area contributed by atoms with E-state index >= 15 is 0 Å². The average Bonchev–Trinajstić information content (AvgIpc) is 3.34. The lowest BCUT2D eigenvalue weighted by molar-refractivity contribution is 0.0491. The van der Waals surface area contributed by atoms with E-state index in [-0.39, 0.29) is 12.4 Å². The molecule has 0 fully saturated rings. The SMILES string of the molecule is C=CCn1c(SCc2c(C(=O)OCC)oc3ccc(Br)cc23)nnc1-c1ccccc1. The van der Waals surface area contributed by atoms with E-state index in [1.807, 2.05) is 59.2 Å². The van der Waals surface area contributed by atoms with Gasteiger partial charge in [-0.05, 0) is 25.1 Å². The van der Waals surface area contributed by atoms with E-state index in [0.29, 0.717) is 17.9 Å². The second kappa shape index (κ2) is 9.53. The summed E-state index contributed by atoms with van der Waals surface area (Å²) in [6, 6.07) is 15.6. The Morgan fingerprint density at radius 3 is 2.81 bits per heavy atom. The summed E-state index contributed by atoms with van der Waals surface area (Å²) < 4.78 is 14.0. The molecule has 8 heteroatoms. The van der Waals surface area contributed by atoms with Gasteiger partial charge in [0.25, 0.3) is 0 Å². The summed E-state index contributed by atoms with van der Waals surface area (Å²) in [7, 11) is 0. The number of furan rings is 1. The fourth-order valence-corrected chi connectivity index (χ4v) is 4.59. The number of carbonyl (C=O) groups excluding carboxylic acids is 1. The molecule has 0 aliphatic rings. The molecule has 6 nitrogen and oxygen atoms in total. The Balaban J connectivity index is 1.70. The van der Waals surface area contributed by atoms with Gasteiger partial charge in [-0.2, -0.15) is 0 Å². The summed E-state index contributed by atoms with van der Waals surface area (Å²) in [4.78, 5) is 12.5. The van der Waals surface area contributed by atoms with Gasteiger partial charge in [0.05, 0.1) is 6.61 Å². The van der Waals surface area contributed by atoms with Gasteiger partial charge in [0.2, 0.25) is 5.76 Å². The lowest BCUT2D eigenvalue weighted by Gasteiger charge is -2.08. The van der Waals surface area contributed by atoms with E-state index in [9.17, 15) is 4.79 Å². The van der Waals surface area contributed by atoms with Gasteiger partial charge in [0, 0.05) is 33.3 Å². The fraction of sp³-hybridized carbons (Fsp3) is 0.174. The third-order valence-electron chi connectivity index (χ3n) is 4.62. The van der Waals surface area contributed by atoms with E-state index < -0.39 is 5.97 Å². The topological polar surface area (TPSA) is 70.2 Å². The van der Waals surface area contributed by atoms with Gasteiger partial charge in [-0.1, -0.05) is 64.1 Å². The molecule has 2 heterocycles. The van der Waals surface area contributed by atoms with Crippen LogP contribution < -0.4 is 0 Å². The number of benzene rings is 2. The maximum atomic E-state index is 12.5. The Morgan fingerprint density at radius 2 is 2.06 bits per heavy atom. The third-order valence-corrected chi connectivity index (χ3v) is 6.11. The number of hydrogen-bond donors (Lipinski definition) is 0. The van der Waals surface area contributed by atoms with Crippen molar-refractivity contribution in [2.45, 2.75) is 24.4 Å². The van der Waals surface area contributed by atoms with Crippen LogP contribution in [0.4, 0.5) is 0 Å². The highest BCUT2D eigenvalue weighted by atomic mass is 79.9. The largest absolute Gasteiger partial charge is 0.460 e. The van der Waals surface area contributed by atoms with Crippen LogP contribution in [-0.2, 0) is 17.0 Å². The van der Waals surface area contributed by atoms with Gasteiger partial charge < -0.3 is 9.15 Å². The van der Waals surface area contributed by atoms with Crippen LogP contribution in [0.2, 0.25) is 0 Å². The van der Waals surface area contributed by atoms with Crippen molar-refractivity contribution in [3.8, 4) is 11.4 Å². The van der Waals surface area contributed by atoms with E-state index in [2.05, 4.69) is 32.7 Å². The van der Waals surface area contributed by atoms with Gasteiger partial charge in [0.15, 0.2) is 11.0 Å². The van der Waals surface area contributed by atoms with Crippen LogP contribution in [0.1, 0.15) is 23.0 Å². The molecule has 0 aliphatic heterocycles. The molecule has 0 saturated carbocycles. The second-order valence-electron chi connectivity index (χ2n) is 6.63. The van der Waals surface area contributed by atoms with Crippen LogP contribution in [0, 0.1) is 0 Å². The predicted octanol–water partition coefficient (Wildman–Crippen LogP) is 6.11. The number of rotatable bonds is 8. The maximum Gasteiger partial charge on any atom is 0.374 e. The normalized spacial score (nSPS) is 11.0. The van der Waals surface area contributed by atoms with Crippen LogP contribution in [-0.4, -0.2) is 27.3 Å². The van der Waals surface area contributed by atoms with Gasteiger partial charge in [-0.25, -0.2) is 4.79 Å². The van der Waals surface area contributed by atoms with Gasteiger partial charge in [-0.3, -0.25) is 4.57 Å². The zero-order valence-electron chi connectivity index (χ0n) is 16.9. The van der Waals surface area contributed by atoms with E-state index in [0.717, 1.165) is 32.0 Å². The minimum atomic E-state index is -0.469. The summed E-state index contributed by atoms with van der Waals surface area (Å²) in [5.74, 6) is 0.999. The van der Waals surface area contributed by atoms with Crippen molar-refractivity contribution < 1.29 is 13.9 Å². The highest BCUT2D eigenvalue weighted by Gasteiger charge is 2.23. The molecule has 0 bridgehead atoms. The molecule has 2 aromatic carbocycles. The number of ether oxygens (including phenoxy) is 1. The highest BCUT2D eigenvalue weighted by molar-refractivity contribution is 9.10. The number of aromatic nitrogens is 3. The minimum absolute atomic E-state index is 0.223. The molecule has 0 amide bonds. The molecule has 0 N–H and O–H groups in total. The van der Waals surface area contributed by atoms with Crippen LogP contribution in [0.3, 0.4) is 0 Å². The zero-order chi connectivity index (χ0) is 21.8. The lowest BCUT2D eigenvalue weighted by Crippen LogP contribution is -2.06. The number of hydrogen-bond acceptors (Lipinski definition) is 6.